The van der Waals surface area contributed by atoms with Crippen LogP contribution < -0.4 is 5.32 Å². The molecule has 0 spiro atoms. The zero-order valence-corrected chi connectivity index (χ0v) is 21.8. The van der Waals surface area contributed by atoms with Gasteiger partial charge < -0.3 is 25.0 Å². The number of pyridine rings is 1. The Balaban J connectivity index is 1.18. The molecule has 2 N–H and O–H groups in total. The quantitative estimate of drug-likeness (QED) is 0.620. The third kappa shape index (κ3) is 5.76. The van der Waals surface area contributed by atoms with Gasteiger partial charge in [-0.15, -0.1) is 0 Å². The maximum Gasteiger partial charge on any atom is 0.409 e. The Morgan fingerprint density at radius 2 is 1.84 bits per heavy atom. The number of ether oxygens (including phenoxy) is 1. The van der Waals surface area contributed by atoms with Gasteiger partial charge in [-0.1, -0.05) is 24.3 Å². The van der Waals surface area contributed by atoms with Crippen molar-refractivity contribution in [3.8, 4) is 0 Å². The fourth-order valence-corrected chi connectivity index (χ4v) is 5.81. The van der Waals surface area contributed by atoms with E-state index in [2.05, 4.69) is 33.4 Å². The fraction of sp³-hybridized carbons (Fsp3) is 0.536. The highest BCUT2D eigenvalue weighted by atomic mass is 19.1. The summed E-state index contributed by atoms with van der Waals surface area (Å²) >= 11 is 0. The molecule has 1 aromatic carbocycles. The highest BCUT2D eigenvalue weighted by Crippen LogP contribution is 2.27. The van der Waals surface area contributed by atoms with E-state index in [1.807, 2.05) is 6.07 Å². The number of fused-ring (bicyclic) bond motifs is 1. The summed E-state index contributed by atoms with van der Waals surface area (Å²) in [7, 11) is 0. The number of hydrogen-bond acceptors (Lipinski definition) is 7. The van der Waals surface area contributed by atoms with Crippen molar-refractivity contribution in [2.45, 2.75) is 57.3 Å². The summed E-state index contributed by atoms with van der Waals surface area (Å²) in [5, 5.41) is 14.3. The summed E-state index contributed by atoms with van der Waals surface area (Å²) < 4.78 is 19.8. The van der Waals surface area contributed by atoms with Crippen molar-refractivity contribution in [2.75, 3.05) is 44.6 Å². The van der Waals surface area contributed by atoms with Crippen LogP contribution in [0.25, 0.3) is 0 Å². The summed E-state index contributed by atoms with van der Waals surface area (Å²) in [5.74, 6) is -0.694. The maximum atomic E-state index is 14.7. The van der Waals surface area contributed by atoms with Crippen molar-refractivity contribution >= 4 is 17.8 Å². The molecule has 1 aromatic heterocycles. The molecule has 2 amide bonds. The van der Waals surface area contributed by atoms with Crippen molar-refractivity contribution < 1.29 is 23.8 Å². The van der Waals surface area contributed by atoms with Gasteiger partial charge >= 0.3 is 6.09 Å². The lowest BCUT2D eigenvalue weighted by atomic mass is 9.94. The van der Waals surface area contributed by atoms with Gasteiger partial charge in [0.15, 0.2) is 5.82 Å². The van der Waals surface area contributed by atoms with Crippen LogP contribution in [0.5, 0.6) is 0 Å². The number of aliphatic hydroxyl groups is 1. The summed E-state index contributed by atoms with van der Waals surface area (Å²) in [5.41, 5.74) is 2.59. The Hall–Kier alpha value is -3.24. The molecule has 38 heavy (non-hydrogen) atoms. The molecule has 204 valence electrons. The van der Waals surface area contributed by atoms with E-state index in [9.17, 15) is 19.1 Å². The number of likely N-dealkylation sites (tertiary alicyclic amines) is 2. The molecule has 3 aliphatic heterocycles. The number of benzene rings is 1. The molecule has 3 aliphatic rings. The number of halogens is 1. The lowest BCUT2D eigenvalue weighted by Gasteiger charge is -2.43. The third-order valence-electron chi connectivity index (χ3n) is 7.92. The van der Waals surface area contributed by atoms with Crippen molar-refractivity contribution in [2.24, 2.45) is 0 Å². The molecule has 2 saturated heterocycles. The molecule has 0 saturated carbocycles. The number of anilines is 1. The van der Waals surface area contributed by atoms with E-state index < -0.39 is 17.8 Å². The van der Waals surface area contributed by atoms with Crippen LogP contribution in [0.3, 0.4) is 0 Å². The third-order valence-corrected chi connectivity index (χ3v) is 7.92. The minimum Gasteiger partial charge on any atom is -0.450 e. The average molecular weight is 526 g/mol. The van der Waals surface area contributed by atoms with Crippen LogP contribution >= 0.6 is 0 Å². The van der Waals surface area contributed by atoms with Crippen LogP contribution in [0.4, 0.5) is 15.0 Å². The normalized spacial score (nSPS) is 22.6. The number of aliphatic hydroxyl groups excluding tert-OH is 1. The number of carbonyl (C=O) groups is 2. The van der Waals surface area contributed by atoms with E-state index in [0.29, 0.717) is 51.3 Å². The summed E-state index contributed by atoms with van der Waals surface area (Å²) in [6.45, 7) is 5.51. The Bertz CT molecular complexity index is 1160. The van der Waals surface area contributed by atoms with Gasteiger partial charge in [-0.05, 0) is 49.8 Å². The Labute approximate surface area is 222 Å². The van der Waals surface area contributed by atoms with Gasteiger partial charge in [-0.3, -0.25) is 9.69 Å². The number of amides is 2. The lowest BCUT2D eigenvalue weighted by molar-refractivity contribution is -0.0138. The number of aromatic nitrogens is 1. The average Bonchev–Trinajstić information content (AvgIpc) is 2.94. The first-order chi connectivity index (χ1) is 18.4. The smallest absolute Gasteiger partial charge is 0.409 e. The fourth-order valence-electron chi connectivity index (χ4n) is 5.81. The van der Waals surface area contributed by atoms with E-state index in [0.717, 1.165) is 25.7 Å². The second kappa shape index (κ2) is 11.7. The first kappa shape index (κ1) is 26.4. The predicted molar refractivity (Wildman–Crippen MR) is 140 cm³/mol. The van der Waals surface area contributed by atoms with Gasteiger partial charge in [0.2, 0.25) is 0 Å². The highest BCUT2D eigenvalue weighted by molar-refractivity contribution is 5.95. The molecular formula is C28H36FN5O4. The molecule has 0 aliphatic carbocycles. The van der Waals surface area contributed by atoms with E-state index in [1.165, 1.54) is 17.2 Å². The minimum atomic E-state index is -0.704. The molecule has 2 aromatic rings. The van der Waals surface area contributed by atoms with Gasteiger partial charge in [0.05, 0.1) is 24.5 Å². The first-order valence-corrected chi connectivity index (χ1v) is 13.5. The first-order valence-electron chi connectivity index (χ1n) is 13.5. The maximum absolute atomic E-state index is 14.7. The van der Waals surface area contributed by atoms with Crippen molar-refractivity contribution in [3.05, 3.63) is 59.0 Å². The monoisotopic (exact) mass is 525 g/mol. The number of piperidine rings is 2. The molecule has 5 rings (SSSR count). The number of nitrogens with one attached hydrogen (secondary N) is 1. The molecule has 2 fully saturated rings. The molecule has 0 bridgehead atoms. The second-order valence-electron chi connectivity index (χ2n) is 10.3. The van der Waals surface area contributed by atoms with Crippen molar-refractivity contribution in [1.82, 2.24) is 19.7 Å². The molecular weight excluding hydrogens is 489 g/mol. The van der Waals surface area contributed by atoms with Gasteiger partial charge in [0, 0.05) is 51.4 Å². The summed E-state index contributed by atoms with van der Waals surface area (Å²) in [4.78, 5) is 34.9. The molecule has 9 nitrogen and oxygen atoms in total. The highest BCUT2D eigenvalue weighted by Gasteiger charge is 2.36. The zero-order chi connectivity index (χ0) is 26.6. The summed E-state index contributed by atoms with van der Waals surface area (Å²) in [6.07, 6.45) is 3.02. The molecule has 10 heteroatoms. The van der Waals surface area contributed by atoms with Crippen LogP contribution in [0.1, 0.15) is 47.7 Å². The second-order valence-corrected chi connectivity index (χ2v) is 10.3. The number of rotatable bonds is 5. The van der Waals surface area contributed by atoms with Crippen LogP contribution in [0.15, 0.2) is 36.5 Å². The predicted octanol–water partition coefficient (Wildman–Crippen LogP) is 2.89. The number of carbonyl (C=O) groups excluding carboxylic acids is 2. The van der Waals surface area contributed by atoms with Crippen LogP contribution in [-0.4, -0.2) is 94.3 Å². The molecule has 4 heterocycles. The zero-order valence-electron chi connectivity index (χ0n) is 21.8. The van der Waals surface area contributed by atoms with Crippen LogP contribution in [0, 0.1) is 5.82 Å². The van der Waals surface area contributed by atoms with E-state index >= 15 is 0 Å². The van der Waals surface area contributed by atoms with Crippen LogP contribution in [0.2, 0.25) is 0 Å². The largest absolute Gasteiger partial charge is 0.450 e. The van der Waals surface area contributed by atoms with Gasteiger partial charge in [-0.25, -0.2) is 14.2 Å². The SMILES string of the molecule is CCOC(=O)N1CCC(Nc2cc(C(=O)N3CC[C@H](N4CCc5ccccc5C4)[C@@H](O)C3)c(F)cn2)CC1. The van der Waals surface area contributed by atoms with E-state index in [-0.39, 0.29) is 30.3 Å². The van der Waals surface area contributed by atoms with Crippen molar-refractivity contribution in [1.29, 1.82) is 0 Å². The van der Waals surface area contributed by atoms with E-state index in [4.69, 9.17) is 4.74 Å². The summed E-state index contributed by atoms with van der Waals surface area (Å²) in [6, 6.07) is 9.86. The molecule has 0 radical (unpaired) electrons. The van der Waals surface area contributed by atoms with Gasteiger partial charge in [0.1, 0.15) is 5.82 Å². The Morgan fingerprint density at radius 1 is 1.11 bits per heavy atom. The van der Waals surface area contributed by atoms with Gasteiger partial charge in [-0.2, -0.15) is 0 Å². The number of hydrogen-bond donors (Lipinski definition) is 2. The van der Waals surface area contributed by atoms with Crippen LogP contribution in [-0.2, 0) is 17.7 Å². The van der Waals surface area contributed by atoms with Gasteiger partial charge in [0.25, 0.3) is 5.91 Å². The van der Waals surface area contributed by atoms with E-state index in [1.54, 1.807) is 16.7 Å². The Morgan fingerprint density at radius 3 is 2.58 bits per heavy atom. The Kier molecular flexibility index (Phi) is 8.09. The molecule has 0 unspecified atom stereocenters. The standard InChI is InChI=1S/C28H36FN5O4/c1-2-38-28(37)32-12-8-21(9-13-32)31-26-15-22(23(29)16-30-26)27(36)34-14-10-24(25(35)18-34)33-11-7-19-5-3-4-6-20(19)17-33/h3-6,15-16,21,24-25,35H,2,7-14,17-18H2,1H3,(H,30,31)/t24-,25-/m0/s1. The topological polar surface area (TPSA) is 98.2 Å². The number of nitrogens with zero attached hydrogens (tertiary/aromatic N) is 4. The lowest BCUT2D eigenvalue weighted by Crippen LogP contribution is -2.56. The minimum absolute atomic E-state index is 0.0348. The number of β-amino-alcohol motifs (C(OH)–C–C–N with tert-alkyl or cyclic N) is 1. The van der Waals surface area contributed by atoms with Crippen molar-refractivity contribution in [3.63, 3.8) is 0 Å². The molecule has 2 atom stereocenters.